The van der Waals surface area contributed by atoms with Gasteiger partial charge in [-0.15, -0.1) is 0 Å². The highest BCUT2D eigenvalue weighted by Gasteiger charge is 2.51. The van der Waals surface area contributed by atoms with Gasteiger partial charge in [-0.25, -0.2) is 0 Å². The molecule has 5 nitrogen and oxygen atoms in total. The van der Waals surface area contributed by atoms with Gasteiger partial charge < -0.3 is 9.80 Å². The molecule has 1 aromatic rings. The maximum atomic E-state index is 13.1. The van der Waals surface area contributed by atoms with Crippen molar-refractivity contribution in [3.63, 3.8) is 0 Å². The lowest BCUT2D eigenvalue weighted by Crippen LogP contribution is -2.60. The van der Waals surface area contributed by atoms with E-state index in [-0.39, 0.29) is 23.5 Å². The predicted octanol–water partition coefficient (Wildman–Crippen LogP) is 3.77. The summed E-state index contributed by atoms with van der Waals surface area (Å²) in [7, 11) is 0. The Morgan fingerprint density at radius 1 is 1.14 bits per heavy atom. The second-order valence-corrected chi connectivity index (χ2v) is 9.44. The van der Waals surface area contributed by atoms with Crippen LogP contribution < -0.4 is 5.32 Å². The number of nitrogens with zero attached hydrogens (tertiary/aromatic N) is 2. The average molecular weight is 406 g/mol. The maximum absolute atomic E-state index is 13.1. The predicted molar refractivity (Wildman–Crippen MR) is 112 cm³/mol. The summed E-state index contributed by atoms with van der Waals surface area (Å²) < 4.78 is 0. The number of hydrogen-bond donors (Lipinski definition) is 1. The van der Waals surface area contributed by atoms with Crippen molar-refractivity contribution in [3.05, 3.63) is 34.9 Å². The Balaban J connectivity index is 1.72. The first kappa shape index (κ1) is 21.1. The van der Waals surface area contributed by atoms with Crippen LogP contribution in [0.15, 0.2) is 24.3 Å². The molecule has 0 bridgehead atoms. The number of rotatable bonds is 5. The van der Waals surface area contributed by atoms with E-state index in [0.717, 1.165) is 25.8 Å². The van der Waals surface area contributed by atoms with Gasteiger partial charge in [0.1, 0.15) is 0 Å². The van der Waals surface area contributed by atoms with Crippen LogP contribution in [-0.4, -0.2) is 53.0 Å². The van der Waals surface area contributed by atoms with Crippen molar-refractivity contribution >= 4 is 23.4 Å². The van der Waals surface area contributed by atoms with E-state index >= 15 is 0 Å². The summed E-state index contributed by atoms with van der Waals surface area (Å²) in [5.74, 6) is 1.13. The molecule has 1 unspecified atom stereocenters. The van der Waals surface area contributed by atoms with Gasteiger partial charge in [-0.3, -0.25) is 14.9 Å². The van der Waals surface area contributed by atoms with Crippen LogP contribution in [0, 0.1) is 11.8 Å². The molecule has 1 N–H and O–H groups in total. The van der Waals surface area contributed by atoms with Crippen molar-refractivity contribution in [2.45, 2.75) is 58.7 Å². The van der Waals surface area contributed by atoms with Crippen molar-refractivity contribution in [3.8, 4) is 0 Å². The fraction of sp³-hybridized carbons (Fsp3) is 0.636. The lowest BCUT2D eigenvalue weighted by Gasteiger charge is -2.45. The number of amides is 2. The molecular weight excluding hydrogens is 374 g/mol. The van der Waals surface area contributed by atoms with Gasteiger partial charge in [0, 0.05) is 43.1 Å². The van der Waals surface area contributed by atoms with Crippen LogP contribution in [0.1, 0.15) is 57.3 Å². The van der Waals surface area contributed by atoms with E-state index < -0.39 is 0 Å². The highest BCUT2D eigenvalue weighted by atomic mass is 35.5. The first-order valence-corrected chi connectivity index (χ1v) is 10.7. The number of carbonyl (C=O) groups is 2. The molecule has 2 fully saturated rings. The molecule has 1 spiro atoms. The normalized spacial score (nSPS) is 22.0. The van der Waals surface area contributed by atoms with Crippen molar-refractivity contribution in [1.29, 1.82) is 0 Å². The summed E-state index contributed by atoms with van der Waals surface area (Å²) in [6.45, 7) is 10.6. The van der Waals surface area contributed by atoms with Gasteiger partial charge in [0.15, 0.2) is 0 Å². The Hall–Kier alpha value is -1.59. The number of nitrogens with one attached hydrogen (secondary N) is 1. The number of piperidine rings is 1. The quantitative estimate of drug-likeness (QED) is 0.811. The minimum Gasteiger partial charge on any atom is -0.338 e. The van der Waals surface area contributed by atoms with Gasteiger partial charge in [0.2, 0.25) is 5.91 Å². The first-order chi connectivity index (χ1) is 13.2. The lowest BCUT2D eigenvalue weighted by atomic mass is 9.94. The smallest absolute Gasteiger partial charge is 0.253 e. The fourth-order valence-corrected chi connectivity index (χ4v) is 4.52. The monoisotopic (exact) mass is 405 g/mol. The summed E-state index contributed by atoms with van der Waals surface area (Å²) in [4.78, 5) is 29.9. The molecule has 0 saturated carbocycles. The highest BCUT2D eigenvalue weighted by molar-refractivity contribution is 6.30. The topological polar surface area (TPSA) is 52.7 Å². The third kappa shape index (κ3) is 4.36. The molecule has 1 atom stereocenters. The SMILES string of the molecule is CC(C)CC1NC2(CCN(C(=O)c3ccc(Cl)cc3)CC2)N(CC(C)C)C1=O. The van der Waals surface area contributed by atoms with E-state index in [9.17, 15) is 9.59 Å². The van der Waals surface area contributed by atoms with Gasteiger partial charge in [-0.2, -0.15) is 0 Å². The summed E-state index contributed by atoms with van der Waals surface area (Å²) in [6, 6.07) is 6.93. The third-order valence-corrected chi connectivity index (χ3v) is 6.00. The number of likely N-dealkylation sites (tertiary alicyclic amines) is 1. The van der Waals surface area contributed by atoms with Gasteiger partial charge >= 0.3 is 0 Å². The highest BCUT2D eigenvalue weighted by Crippen LogP contribution is 2.35. The summed E-state index contributed by atoms with van der Waals surface area (Å²) in [5, 5.41) is 4.30. The van der Waals surface area contributed by atoms with E-state index in [0.29, 0.717) is 35.5 Å². The van der Waals surface area contributed by atoms with Crippen molar-refractivity contribution in [2.24, 2.45) is 11.8 Å². The molecular formula is C22H32ClN3O2. The molecule has 6 heteroatoms. The second kappa shape index (κ2) is 8.42. The van der Waals surface area contributed by atoms with Crippen LogP contribution in [0.5, 0.6) is 0 Å². The minimum absolute atomic E-state index is 0.0324. The Kier molecular flexibility index (Phi) is 6.35. The molecule has 28 heavy (non-hydrogen) atoms. The number of carbonyl (C=O) groups excluding carboxylic acids is 2. The third-order valence-electron chi connectivity index (χ3n) is 5.75. The zero-order valence-corrected chi connectivity index (χ0v) is 18.1. The Labute approximate surface area is 173 Å². The van der Waals surface area contributed by atoms with Crippen LogP contribution in [-0.2, 0) is 4.79 Å². The molecule has 0 aliphatic carbocycles. The summed E-state index contributed by atoms with van der Waals surface area (Å²) in [6.07, 6.45) is 2.38. The summed E-state index contributed by atoms with van der Waals surface area (Å²) in [5.41, 5.74) is 0.338. The minimum atomic E-state index is -0.322. The largest absolute Gasteiger partial charge is 0.338 e. The van der Waals surface area contributed by atoms with Crippen LogP contribution in [0.4, 0.5) is 0 Å². The molecule has 1 aromatic carbocycles. The molecule has 2 amide bonds. The first-order valence-electron chi connectivity index (χ1n) is 10.4. The molecule has 2 saturated heterocycles. The zero-order chi connectivity index (χ0) is 20.5. The van der Waals surface area contributed by atoms with Crippen molar-refractivity contribution < 1.29 is 9.59 Å². The van der Waals surface area contributed by atoms with Gasteiger partial charge in [-0.1, -0.05) is 39.3 Å². The summed E-state index contributed by atoms with van der Waals surface area (Å²) >= 11 is 5.93. The van der Waals surface area contributed by atoms with E-state index in [4.69, 9.17) is 11.6 Å². The van der Waals surface area contributed by atoms with Crippen LogP contribution in [0.3, 0.4) is 0 Å². The number of halogens is 1. The van der Waals surface area contributed by atoms with E-state index in [1.54, 1.807) is 24.3 Å². The zero-order valence-electron chi connectivity index (χ0n) is 17.4. The fourth-order valence-electron chi connectivity index (χ4n) is 4.39. The molecule has 154 valence electrons. The second-order valence-electron chi connectivity index (χ2n) is 9.00. The standard InChI is InChI=1S/C22H32ClN3O2/c1-15(2)13-19-21(28)26(14-16(3)4)22(24-19)9-11-25(12-10-22)20(27)17-5-7-18(23)8-6-17/h5-8,15-16,19,24H,9-14H2,1-4H3. The lowest BCUT2D eigenvalue weighted by molar-refractivity contribution is -0.134. The van der Waals surface area contributed by atoms with E-state index in [2.05, 4.69) is 37.9 Å². The maximum Gasteiger partial charge on any atom is 0.253 e. The molecule has 2 heterocycles. The molecule has 0 aromatic heterocycles. The van der Waals surface area contributed by atoms with Gasteiger partial charge in [0.25, 0.3) is 5.91 Å². The molecule has 0 radical (unpaired) electrons. The Morgan fingerprint density at radius 2 is 1.75 bits per heavy atom. The van der Waals surface area contributed by atoms with E-state index in [1.165, 1.54) is 0 Å². The molecule has 2 aliphatic heterocycles. The van der Waals surface area contributed by atoms with Gasteiger partial charge in [0.05, 0.1) is 11.7 Å². The van der Waals surface area contributed by atoms with Crippen molar-refractivity contribution in [2.75, 3.05) is 19.6 Å². The van der Waals surface area contributed by atoms with Crippen LogP contribution in [0.25, 0.3) is 0 Å². The van der Waals surface area contributed by atoms with Gasteiger partial charge in [-0.05, 0) is 42.5 Å². The van der Waals surface area contributed by atoms with Crippen molar-refractivity contribution in [1.82, 2.24) is 15.1 Å². The average Bonchev–Trinajstić information content (AvgIpc) is 2.87. The molecule has 2 aliphatic rings. The van der Waals surface area contributed by atoms with Crippen LogP contribution in [0.2, 0.25) is 5.02 Å². The number of benzene rings is 1. The van der Waals surface area contributed by atoms with E-state index in [1.807, 2.05) is 4.90 Å². The molecule has 3 rings (SSSR count). The van der Waals surface area contributed by atoms with Crippen LogP contribution >= 0.6 is 11.6 Å². The Bertz CT molecular complexity index is 709. The Morgan fingerprint density at radius 3 is 2.29 bits per heavy atom. The number of hydrogen-bond acceptors (Lipinski definition) is 3.